The third-order valence-electron chi connectivity index (χ3n) is 5.31. The van der Waals surface area contributed by atoms with Crippen molar-refractivity contribution in [3.05, 3.63) is 57.9 Å². The molecule has 0 fully saturated rings. The largest absolute Gasteiger partial charge is 0.462 e. The lowest BCUT2D eigenvalue weighted by atomic mass is 9.68. The van der Waals surface area contributed by atoms with E-state index in [1.54, 1.807) is 0 Å². The third-order valence-corrected chi connectivity index (χ3v) is 5.31. The van der Waals surface area contributed by atoms with E-state index >= 15 is 0 Å². The maximum absolute atomic E-state index is 13.1. The summed E-state index contributed by atoms with van der Waals surface area (Å²) in [5, 5.41) is 3.36. The molecule has 0 spiro atoms. The molecule has 4 heteroatoms. The summed E-state index contributed by atoms with van der Waals surface area (Å²) in [6, 6.07) is 8.09. The van der Waals surface area contributed by atoms with Gasteiger partial charge >= 0.3 is 5.97 Å². The highest BCUT2D eigenvalue weighted by Gasteiger charge is 2.43. The molecule has 1 aliphatic heterocycles. The van der Waals surface area contributed by atoms with Crippen LogP contribution >= 0.6 is 0 Å². The van der Waals surface area contributed by atoms with Gasteiger partial charge in [-0.2, -0.15) is 0 Å². The van der Waals surface area contributed by atoms with Crippen LogP contribution in [0.3, 0.4) is 0 Å². The van der Waals surface area contributed by atoms with Gasteiger partial charge in [-0.25, -0.2) is 4.79 Å². The van der Waals surface area contributed by atoms with E-state index in [-0.39, 0.29) is 23.1 Å². The normalized spacial score (nSPS) is 21.7. The minimum Gasteiger partial charge on any atom is -0.462 e. The molecule has 27 heavy (non-hydrogen) atoms. The smallest absolute Gasteiger partial charge is 0.336 e. The molecule has 0 unspecified atom stereocenters. The van der Waals surface area contributed by atoms with Crippen LogP contribution in [0.1, 0.15) is 64.0 Å². The average Bonchev–Trinajstić information content (AvgIpc) is 2.58. The number of carbonyl (C=O) groups excluding carboxylic acids is 2. The van der Waals surface area contributed by atoms with Gasteiger partial charge in [0.1, 0.15) is 0 Å². The highest BCUT2D eigenvalue weighted by Crippen LogP contribution is 2.46. The predicted octanol–water partition coefficient (Wildman–Crippen LogP) is 4.55. The van der Waals surface area contributed by atoms with Gasteiger partial charge < -0.3 is 10.1 Å². The third kappa shape index (κ3) is 3.85. The van der Waals surface area contributed by atoms with E-state index in [1.807, 2.05) is 45.0 Å². The minimum absolute atomic E-state index is 0.0821. The van der Waals surface area contributed by atoms with Crippen LogP contribution in [-0.4, -0.2) is 18.4 Å². The molecule has 1 N–H and O–H groups in total. The molecule has 0 radical (unpaired) electrons. The van der Waals surface area contributed by atoms with Gasteiger partial charge in [0, 0.05) is 29.3 Å². The van der Waals surface area contributed by atoms with Crippen molar-refractivity contribution < 1.29 is 14.3 Å². The van der Waals surface area contributed by atoms with E-state index in [1.165, 1.54) is 0 Å². The number of benzene rings is 1. The fourth-order valence-electron chi connectivity index (χ4n) is 4.07. The molecule has 0 bridgehead atoms. The van der Waals surface area contributed by atoms with Gasteiger partial charge in [0.2, 0.25) is 0 Å². The average molecular weight is 367 g/mol. The Bertz CT molecular complexity index is 828. The van der Waals surface area contributed by atoms with Crippen molar-refractivity contribution in [2.75, 3.05) is 6.61 Å². The number of esters is 1. The molecule has 1 aromatic rings. The number of Topliss-reactive ketones (excluding diaryl/α,β-unsaturated/α-hetero) is 1. The Labute approximate surface area is 161 Å². The fraction of sp³-hybridized carbons (Fsp3) is 0.478. The Hall–Kier alpha value is -2.36. The molecule has 1 heterocycles. The quantitative estimate of drug-likeness (QED) is 0.793. The topological polar surface area (TPSA) is 55.4 Å². The van der Waals surface area contributed by atoms with Crippen LogP contribution in [0.25, 0.3) is 0 Å². The molecule has 1 atom stereocenters. The van der Waals surface area contributed by atoms with Gasteiger partial charge in [-0.15, -0.1) is 0 Å². The van der Waals surface area contributed by atoms with E-state index in [0.29, 0.717) is 18.6 Å². The van der Waals surface area contributed by atoms with Crippen molar-refractivity contribution in [2.24, 2.45) is 5.41 Å². The summed E-state index contributed by atoms with van der Waals surface area (Å²) in [6.45, 7) is 10.5. The highest BCUT2D eigenvalue weighted by molar-refractivity contribution is 6.04. The van der Waals surface area contributed by atoms with Crippen LogP contribution in [0.2, 0.25) is 0 Å². The van der Waals surface area contributed by atoms with Gasteiger partial charge in [-0.1, -0.05) is 50.6 Å². The monoisotopic (exact) mass is 367 g/mol. The van der Waals surface area contributed by atoms with Crippen molar-refractivity contribution in [1.82, 2.24) is 5.32 Å². The maximum atomic E-state index is 13.1. The summed E-state index contributed by atoms with van der Waals surface area (Å²) < 4.78 is 5.46. The van der Waals surface area contributed by atoms with Gasteiger partial charge in [0.05, 0.1) is 12.2 Å². The standard InChI is InChI=1S/C23H29NO3/c1-6-11-27-22(26)19-15(3)24-17-12-23(4,5)13-18(25)21(17)20(19)16-9-7-14(2)8-10-16/h7-10,20,24H,6,11-13H2,1-5H3/t20-/m1/s1. The van der Waals surface area contributed by atoms with E-state index in [0.717, 1.165) is 40.9 Å². The van der Waals surface area contributed by atoms with Gasteiger partial charge in [-0.3, -0.25) is 4.79 Å². The Morgan fingerprint density at radius 2 is 1.85 bits per heavy atom. The maximum Gasteiger partial charge on any atom is 0.336 e. The van der Waals surface area contributed by atoms with Gasteiger partial charge in [-0.05, 0) is 37.7 Å². The molecule has 0 amide bonds. The van der Waals surface area contributed by atoms with Crippen LogP contribution in [0.15, 0.2) is 46.8 Å². The van der Waals surface area contributed by atoms with Gasteiger partial charge in [0.15, 0.2) is 5.78 Å². The van der Waals surface area contributed by atoms with E-state index in [4.69, 9.17) is 4.74 Å². The van der Waals surface area contributed by atoms with Crippen molar-refractivity contribution in [2.45, 2.75) is 59.8 Å². The minimum atomic E-state index is -0.366. The Balaban J connectivity index is 2.12. The van der Waals surface area contributed by atoms with Crippen molar-refractivity contribution in [3.63, 3.8) is 0 Å². The number of rotatable bonds is 4. The molecular weight excluding hydrogens is 338 g/mol. The van der Waals surface area contributed by atoms with Crippen LogP contribution in [0.5, 0.6) is 0 Å². The number of aryl methyl sites for hydroxylation is 1. The Kier molecular flexibility index (Phi) is 5.27. The lowest BCUT2D eigenvalue weighted by molar-refractivity contribution is -0.139. The first-order valence-electron chi connectivity index (χ1n) is 9.71. The molecule has 2 aliphatic rings. The number of allylic oxidation sites excluding steroid dienone is 3. The second-order valence-electron chi connectivity index (χ2n) is 8.48. The zero-order valence-electron chi connectivity index (χ0n) is 16.9. The number of nitrogens with one attached hydrogen (secondary N) is 1. The molecule has 0 aromatic heterocycles. The number of carbonyl (C=O) groups is 2. The number of ether oxygens (including phenoxy) is 1. The SMILES string of the molecule is CCCOC(=O)C1=C(C)NC2=C(C(=O)CC(C)(C)C2)[C@@H]1c1ccc(C)cc1. The number of ketones is 1. The van der Waals surface area contributed by atoms with E-state index < -0.39 is 0 Å². The zero-order valence-corrected chi connectivity index (χ0v) is 16.9. The first-order valence-corrected chi connectivity index (χ1v) is 9.71. The van der Waals surface area contributed by atoms with Crippen LogP contribution in [0.4, 0.5) is 0 Å². The molecule has 144 valence electrons. The first-order chi connectivity index (χ1) is 12.7. The lowest BCUT2D eigenvalue weighted by Gasteiger charge is -2.39. The number of hydrogen-bond acceptors (Lipinski definition) is 4. The van der Waals surface area contributed by atoms with E-state index in [2.05, 4.69) is 19.2 Å². The molecular formula is C23H29NO3. The lowest BCUT2D eigenvalue weighted by Crippen LogP contribution is -2.38. The number of dihydropyridines is 1. The Morgan fingerprint density at radius 1 is 1.19 bits per heavy atom. The molecule has 3 rings (SSSR count). The number of hydrogen-bond donors (Lipinski definition) is 1. The Morgan fingerprint density at radius 3 is 2.48 bits per heavy atom. The summed E-state index contributed by atoms with van der Waals surface area (Å²) in [5.41, 5.74) is 5.05. The summed E-state index contributed by atoms with van der Waals surface area (Å²) in [7, 11) is 0. The van der Waals surface area contributed by atoms with E-state index in [9.17, 15) is 9.59 Å². The second kappa shape index (κ2) is 7.34. The second-order valence-corrected chi connectivity index (χ2v) is 8.48. The van der Waals surface area contributed by atoms with Crippen LogP contribution in [0, 0.1) is 12.3 Å². The molecule has 0 saturated heterocycles. The molecule has 0 saturated carbocycles. The molecule has 1 aromatic carbocycles. The van der Waals surface area contributed by atoms with Gasteiger partial charge in [0.25, 0.3) is 0 Å². The van der Waals surface area contributed by atoms with Crippen LogP contribution in [-0.2, 0) is 14.3 Å². The van der Waals surface area contributed by atoms with Crippen molar-refractivity contribution in [1.29, 1.82) is 0 Å². The first kappa shape index (κ1) is 19.4. The van der Waals surface area contributed by atoms with Crippen molar-refractivity contribution in [3.8, 4) is 0 Å². The van der Waals surface area contributed by atoms with Crippen molar-refractivity contribution >= 4 is 11.8 Å². The highest BCUT2D eigenvalue weighted by atomic mass is 16.5. The zero-order chi connectivity index (χ0) is 19.8. The summed E-state index contributed by atoms with van der Waals surface area (Å²) >= 11 is 0. The van der Waals surface area contributed by atoms with Crippen LogP contribution < -0.4 is 5.32 Å². The predicted molar refractivity (Wildman–Crippen MR) is 106 cm³/mol. The summed E-state index contributed by atoms with van der Waals surface area (Å²) in [4.78, 5) is 26.0. The summed E-state index contributed by atoms with van der Waals surface area (Å²) in [5.74, 6) is -0.584. The molecule has 4 nitrogen and oxygen atoms in total. The fourth-order valence-corrected chi connectivity index (χ4v) is 4.07. The summed E-state index contributed by atoms with van der Waals surface area (Å²) in [6.07, 6.45) is 2.05. The molecule has 1 aliphatic carbocycles.